The Morgan fingerprint density at radius 2 is 2.03 bits per heavy atom. The van der Waals surface area contributed by atoms with Crippen LogP contribution in [-0.4, -0.2) is 48.1 Å². The van der Waals surface area contributed by atoms with E-state index in [4.69, 9.17) is 9.72 Å². The van der Waals surface area contributed by atoms with Crippen molar-refractivity contribution in [1.82, 2.24) is 13.9 Å². The Labute approximate surface area is 210 Å². The van der Waals surface area contributed by atoms with Crippen molar-refractivity contribution in [2.45, 2.75) is 68.0 Å². The van der Waals surface area contributed by atoms with E-state index in [2.05, 4.69) is 11.5 Å². The number of thioether (sulfide) groups is 1. The third-order valence-corrected chi connectivity index (χ3v) is 9.91. The summed E-state index contributed by atoms with van der Waals surface area (Å²) >= 11 is 1.54. The number of hydrogen-bond donors (Lipinski definition) is 0. The Bertz CT molecular complexity index is 1320. The monoisotopic (exact) mass is 517 g/mol. The molecule has 2 aromatic carbocycles. The lowest BCUT2D eigenvalue weighted by Crippen LogP contribution is -2.39. The predicted molar refractivity (Wildman–Crippen MR) is 137 cm³/mol. The van der Waals surface area contributed by atoms with Crippen molar-refractivity contribution >= 4 is 32.8 Å². The summed E-state index contributed by atoms with van der Waals surface area (Å²) in [5.74, 6) is 0.693. The van der Waals surface area contributed by atoms with Crippen molar-refractivity contribution in [2.75, 3.05) is 19.7 Å². The summed E-state index contributed by atoms with van der Waals surface area (Å²) in [6, 6.07) is 10.1. The van der Waals surface area contributed by atoms with E-state index in [1.54, 1.807) is 40.3 Å². The SMILES string of the molecule is Cc1ccc(F)cc1CSc1nc2cc(S(=O)(=O)N3CCC[C@@H](C)C3)ccc2n1C[C@@H]1CCCO1. The molecule has 6 nitrogen and oxygen atoms in total. The highest BCUT2D eigenvalue weighted by molar-refractivity contribution is 7.98. The van der Waals surface area contributed by atoms with E-state index in [-0.39, 0.29) is 11.9 Å². The summed E-state index contributed by atoms with van der Waals surface area (Å²) in [6.45, 7) is 6.62. The Morgan fingerprint density at radius 1 is 1.17 bits per heavy atom. The zero-order valence-electron chi connectivity index (χ0n) is 20.2. The van der Waals surface area contributed by atoms with Crippen LogP contribution < -0.4 is 0 Å². The standard InChI is InChI=1S/C26H32FN3O3S2/c1-18-5-3-11-29(15-18)35(31,32)23-9-10-25-24(14-23)28-26(30(25)16-22-6-4-12-33-22)34-17-20-13-21(27)8-7-19(20)2/h7-10,13-14,18,22H,3-6,11-12,15-17H2,1-2H3/t18-,22+/m1/s1. The number of imidazole rings is 1. The summed E-state index contributed by atoms with van der Waals surface area (Å²) in [5, 5.41) is 0.792. The molecule has 2 saturated heterocycles. The van der Waals surface area contributed by atoms with Crippen LogP contribution in [0.3, 0.4) is 0 Å². The lowest BCUT2D eigenvalue weighted by atomic mass is 10.0. The first-order valence-corrected chi connectivity index (χ1v) is 14.7. The number of sulfonamides is 1. The molecule has 3 heterocycles. The minimum atomic E-state index is -3.57. The number of benzene rings is 2. The molecule has 0 unspecified atom stereocenters. The van der Waals surface area contributed by atoms with Crippen LogP contribution in [0.15, 0.2) is 46.5 Å². The Balaban J connectivity index is 1.48. The van der Waals surface area contributed by atoms with E-state index in [0.29, 0.717) is 41.7 Å². The van der Waals surface area contributed by atoms with E-state index in [1.807, 2.05) is 13.0 Å². The van der Waals surface area contributed by atoms with Crippen LogP contribution in [0.2, 0.25) is 0 Å². The van der Waals surface area contributed by atoms with Crippen molar-refractivity contribution in [3.63, 3.8) is 0 Å². The highest BCUT2D eigenvalue weighted by Gasteiger charge is 2.29. The molecule has 2 aliphatic heterocycles. The van der Waals surface area contributed by atoms with Crippen LogP contribution in [-0.2, 0) is 27.1 Å². The van der Waals surface area contributed by atoms with Crippen molar-refractivity contribution < 1.29 is 17.5 Å². The fraction of sp³-hybridized carbons (Fsp3) is 0.500. The van der Waals surface area contributed by atoms with Crippen molar-refractivity contribution in [3.8, 4) is 0 Å². The fourth-order valence-corrected chi connectivity index (χ4v) is 7.68. The third-order valence-electron chi connectivity index (χ3n) is 7.02. The molecule has 0 radical (unpaired) electrons. The molecule has 0 spiro atoms. The average molecular weight is 518 g/mol. The fourth-order valence-electron chi connectivity index (χ4n) is 4.98. The predicted octanol–water partition coefficient (Wildman–Crippen LogP) is 5.38. The number of rotatable bonds is 7. The molecule has 188 valence electrons. The van der Waals surface area contributed by atoms with Gasteiger partial charge in [-0.15, -0.1) is 0 Å². The minimum absolute atomic E-state index is 0.112. The van der Waals surface area contributed by atoms with Crippen molar-refractivity contribution in [2.24, 2.45) is 5.92 Å². The first-order valence-electron chi connectivity index (χ1n) is 12.3. The zero-order valence-corrected chi connectivity index (χ0v) is 21.9. The second-order valence-electron chi connectivity index (χ2n) is 9.76. The molecule has 9 heteroatoms. The second-order valence-corrected chi connectivity index (χ2v) is 12.6. The number of hydrogen-bond acceptors (Lipinski definition) is 5. The molecule has 2 fully saturated rings. The van der Waals surface area contributed by atoms with Gasteiger partial charge in [0.2, 0.25) is 10.0 Å². The van der Waals surface area contributed by atoms with Gasteiger partial charge in [-0.3, -0.25) is 0 Å². The number of aromatic nitrogens is 2. The van der Waals surface area contributed by atoms with Gasteiger partial charge in [0, 0.05) is 25.4 Å². The van der Waals surface area contributed by atoms with Crippen LogP contribution in [0.25, 0.3) is 11.0 Å². The van der Waals surface area contributed by atoms with Crippen LogP contribution in [0.5, 0.6) is 0 Å². The molecule has 0 N–H and O–H groups in total. The van der Waals surface area contributed by atoms with Gasteiger partial charge in [-0.2, -0.15) is 4.31 Å². The molecule has 0 saturated carbocycles. The van der Waals surface area contributed by atoms with Crippen LogP contribution >= 0.6 is 11.8 Å². The molecular formula is C26H32FN3O3S2. The Morgan fingerprint density at radius 3 is 2.80 bits per heavy atom. The maximum Gasteiger partial charge on any atom is 0.243 e. The van der Waals surface area contributed by atoms with Gasteiger partial charge in [-0.1, -0.05) is 24.8 Å². The summed E-state index contributed by atoms with van der Waals surface area (Å²) in [5.41, 5.74) is 3.51. The quantitative estimate of drug-likeness (QED) is 0.394. The van der Waals surface area contributed by atoms with Gasteiger partial charge in [0.15, 0.2) is 5.16 Å². The Hall–Kier alpha value is -1.94. The van der Waals surface area contributed by atoms with Crippen molar-refractivity contribution in [3.05, 3.63) is 53.3 Å². The molecule has 1 aromatic heterocycles. The molecule has 0 amide bonds. The van der Waals surface area contributed by atoms with E-state index in [1.165, 1.54) is 6.07 Å². The number of nitrogens with zero attached hydrogens (tertiary/aromatic N) is 3. The summed E-state index contributed by atoms with van der Waals surface area (Å²) in [6.07, 6.45) is 4.09. The second kappa shape index (κ2) is 10.2. The first-order chi connectivity index (χ1) is 16.8. The number of fused-ring (bicyclic) bond motifs is 1. The number of piperidine rings is 1. The summed E-state index contributed by atoms with van der Waals surface area (Å²) in [7, 11) is -3.57. The lowest BCUT2D eigenvalue weighted by molar-refractivity contribution is 0.0960. The largest absolute Gasteiger partial charge is 0.376 e. The van der Waals surface area contributed by atoms with Gasteiger partial charge >= 0.3 is 0 Å². The van der Waals surface area contributed by atoms with Crippen LogP contribution in [0.1, 0.15) is 43.7 Å². The average Bonchev–Trinajstić information content (AvgIpc) is 3.47. The Kier molecular flexibility index (Phi) is 7.21. The van der Waals surface area contributed by atoms with Gasteiger partial charge in [0.05, 0.1) is 28.6 Å². The maximum absolute atomic E-state index is 13.8. The van der Waals surface area contributed by atoms with Gasteiger partial charge in [0.25, 0.3) is 0 Å². The third kappa shape index (κ3) is 5.28. The molecule has 3 aromatic rings. The maximum atomic E-state index is 13.8. The topological polar surface area (TPSA) is 64.4 Å². The van der Waals surface area contributed by atoms with Crippen molar-refractivity contribution in [1.29, 1.82) is 0 Å². The minimum Gasteiger partial charge on any atom is -0.376 e. The molecule has 35 heavy (non-hydrogen) atoms. The number of ether oxygens (including phenoxy) is 1. The van der Waals surface area contributed by atoms with E-state index < -0.39 is 10.0 Å². The van der Waals surface area contributed by atoms with E-state index in [9.17, 15) is 12.8 Å². The van der Waals surface area contributed by atoms with Gasteiger partial charge in [0.1, 0.15) is 5.82 Å². The molecule has 0 bridgehead atoms. The smallest absolute Gasteiger partial charge is 0.243 e. The zero-order chi connectivity index (χ0) is 24.6. The van der Waals surface area contributed by atoms with Gasteiger partial charge < -0.3 is 9.30 Å². The summed E-state index contributed by atoms with van der Waals surface area (Å²) < 4.78 is 50.2. The van der Waals surface area contributed by atoms with Gasteiger partial charge in [-0.25, -0.2) is 17.8 Å². The van der Waals surface area contributed by atoms with Gasteiger partial charge in [-0.05, 0) is 80.0 Å². The highest BCUT2D eigenvalue weighted by atomic mass is 32.2. The highest BCUT2D eigenvalue weighted by Crippen LogP contribution is 2.32. The number of aryl methyl sites for hydroxylation is 1. The lowest BCUT2D eigenvalue weighted by Gasteiger charge is -2.30. The molecule has 2 atom stereocenters. The first kappa shape index (κ1) is 24.7. The van der Waals surface area contributed by atoms with E-state index >= 15 is 0 Å². The molecule has 2 aliphatic rings. The molecule has 0 aliphatic carbocycles. The van der Waals surface area contributed by atoms with Crippen LogP contribution in [0, 0.1) is 18.7 Å². The number of halogens is 1. The summed E-state index contributed by atoms with van der Waals surface area (Å²) in [4.78, 5) is 5.14. The van der Waals surface area contributed by atoms with E-state index in [0.717, 1.165) is 54.1 Å². The normalized spacial score (nSPS) is 21.7. The molecule has 5 rings (SSSR count). The molecular weight excluding hydrogens is 485 g/mol. The van der Waals surface area contributed by atoms with Crippen LogP contribution in [0.4, 0.5) is 4.39 Å².